The summed E-state index contributed by atoms with van der Waals surface area (Å²) in [5.74, 6) is 0.521. The van der Waals surface area contributed by atoms with Crippen molar-refractivity contribution >= 4 is 11.8 Å². The molecule has 0 aliphatic rings. The zero-order valence-electron chi connectivity index (χ0n) is 6.95. The second-order valence-electron chi connectivity index (χ2n) is 2.16. The van der Waals surface area contributed by atoms with Crippen LogP contribution in [-0.2, 0) is 4.74 Å². The van der Waals surface area contributed by atoms with Gasteiger partial charge in [0.15, 0.2) is 0 Å². The lowest BCUT2D eigenvalue weighted by molar-refractivity contribution is 0.369. The van der Waals surface area contributed by atoms with Gasteiger partial charge in [-0.2, -0.15) is 0 Å². The summed E-state index contributed by atoms with van der Waals surface area (Å²) in [7, 11) is 1.55. The lowest BCUT2D eigenvalue weighted by Gasteiger charge is -2.04. The molecule has 12 heavy (non-hydrogen) atoms. The highest BCUT2D eigenvalue weighted by atomic mass is 16.5. The first kappa shape index (κ1) is 8.46. The lowest BCUT2D eigenvalue weighted by Crippen LogP contribution is -1.94. The molecule has 1 heterocycles. The van der Waals surface area contributed by atoms with Crippen LogP contribution < -0.4 is 0 Å². The molecule has 0 bridgehead atoms. The molecular weight excluding hydrogens is 152 g/mol. The summed E-state index contributed by atoms with van der Waals surface area (Å²) in [5.41, 5.74) is 1.51. The van der Waals surface area contributed by atoms with Gasteiger partial charge in [-0.1, -0.05) is 19.2 Å². The molecule has 0 atom stereocenters. The Kier molecular flexibility index (Phi) is 2.58. The third-order valence-electron chi connectivity index (χ3n) is 1.47. The van der Waals surface area contributed by atoms with E-state index in [9.17, 15) is 0 Å². The van der Waals surface area contributed by atoms with Gasteiger partial charge in [-0.05, 0) is 0 Å². The van der Waals surface area contributed by atoms with Crippen LogP contribution in [0.4, 0.5) is 0 Å². The first-order valence-corrected chi connectivity index (χ1v) is 3.45. The van der Waals surface area contributed by atoms with Gasteiger partial charge < -0.3 is 4.74 Å². The highest BCUT2D eigenvalue weighted by Crippen LogP contribution is 2.14. The van der Waals surface area contributed by atoms with Gasteiger partial charge in [0.1, 0.15) is 17.8 Å². The van der Waals surface area contributed by atoms with Crippen LogP contribution in [0, 0.1) is 0 Å². The smallest absolute Gasteiger partial charge is 0.138 e. The third-order valence-corrected chi connectivity index (χ3v) is 1.47. The molecule has 0 saturated carbocycles. The van der Waals surface area contributed by atoms with Crippen LogP contribution in [0.5, 0.6) is 0 Å². The summed E-state index contributed by atoms with van der Waals surface area (Å²) in [6.45, 7) is 7.32. The normalized spacial score (nSPS) is 9.08. The number of ether oxygens (including phenoxy) is 1. The van der Waals surface area contributed by atoms with Crippen molar-refractivity contribution in [3.8, 4) is 0 Å². The van der Waals surface area contributed by atoms with Crippen molar-refractivity contribution in [3.63, 3.8) is 0 Å². The molecule has 1 aromatic heterocycles. The Labute approximate surface area is 71.4 Å². The van der Waals surface area contributed by atoms with Crippen molar-refractivity contribution < 1.29 is 4.74 Å². The van der Waals surface area contributed by atoms with E-state index in [1.807, 2.05) is 0 Å². The van der Waals surface area contributed by atoms with Crippen molar-refractivity contribution in [2.24, 2.45) is 0 Å². The van der Waals surface area contributed by atoms with Gasteiger partial charge in [0.25, 0.3) is 0 Å². The molecule has 0 saturated heterocycles. The van der Waals surface area contributed by atoms with Crippen LogP contribution in [0.25, 0.3) is 11.8 Å². The fourth-order valence-electron chi connectivity index (χ4n) is 0.819. The zero-order valence-corrected chi connectivity index (χ0v) is 6.95. The molecule has 0 N–H and O–H groups in total. The van der Waals surface area contributed by atoms with E-state index in [2.05, 4.69) is 23.1 Å². The maximum atomic E-state index is 4.95. The average molecular weight is 162 g/mol. The van der Waals surface area contributed by atoms with E-state index in [1.54, 1.807) is 19.4 Å². The quantitative estimate of drug-likeness (QED) is 0.635. The molecule has 0 amide bonds. The van der Waals surface area contributed by atoms with Crippen LogP contribution in [0.3, 0.4) is 0 Å². The van der Waals surface area contributed by atoms with Crippen molar-refractivity contribution in [1.29, 1.82) is 0 Å². The Bertz CT molecular complexity index is 307. The third kappa shape index (κ3) is 1.50. The molecular formula is C9H10N2O. The highest BCUT2D eigenvalue weighted by Gasteiger charge is 2.03. The van der Waals surface area contributed by atoms with Gasteiger partial charge in [-0.15, -0.1) is 0 Å². The second kappa shape index (κ2) is 3.67. The highest BCUT2D eigenvalue weighted by molar-refractivity contribution is 5.64. The Morgan fingerprint density at radius 2 is 2.42 bits per heavy atom. The monoisotopic (exact) mass is 162 g/mol. The average Bonchev–Trinajstić information content (AvgIpc) is 2.16. The molecule has 0 fully saturated rings. The predicted octanol–water partition coefficient (Wildman–Crippen LogP) is 1.74. The maximum absolute atomic E-state index is 4.95. The van der Waals surface area contributed by atoms with E-state index in [1.165, 1.54) is 6.33 Å². The van der Waals surface area contributed by atoms with Crippen LogP contribution in [0.2, 0.25) is 0 Å². The maximum Gasteiger partial charge on any atom is 0.138 e. The van der Waals surface area contributed by atoms with E-state index < -0.39 is 0 Å². The van der Waals surface area contributed by atoms with Gasteiger partial charge in [0, 0.05) is 11.8 Å². The van der Waals surface area contributed by atoms with E-state index in [0.717, 1.165) is 5.56 Å². The Morgan fingerprint density at radius 1 is 1.67 bits per heavy atom. The SMILES string of the molecule is C=Cc1cncnc1C(=C)OC. The van der Waals surface area contributed by atoms with E-state index in [0.29, 0.717) is 11.5 Å². The molecule has 0 aromatic carbocycles. The van der Waals surface area contributed by atoms with Gasteiger partial charge in [-0.3, -0.25) is 0 Å². The van der Waals surface area contributed by atoms with Gasteiger partial charge in [0.2, 0.25) is 0 Å². The molecule has 0 radical (unpaired) electrons. The second-order valence-corrected chi connectivity index (χ2v) is 2.16. The van der Waals surface area contributed by atoms with Crippen LogP contribution >= 0.6 is 0 Å². The van der Waals surface area contributed by atoms with Crippen molar-refractivity contribution in [3.05, 3.63) is 36.9 Å². The standard InChI is InChI=1S/C9H10N2O/c1-4-8-5-10-6-11-9(8)7(2)12-3/h4-6H,1-2H2,3H3. The number of hydrogen-bond donors (Lipinski definition) is 0. The number of methoxy groups -OCH3 is 1. The molecule has 1 aromatic rings. The summed E-state index contributed by atoms with van der Waals surface area (Å²) in [4.78, 5) is 7.87. The molecule has 3 nitrogen and oxygen atoms in total. The minimum atomic E-state index is 0.521. The summed E-state index contributed by atoms with van der Waals surface area (Å²) in [5, 5.41) is 0. The summed E-state index contributed by atoms with van der Waals surface area (Å²) in [6, 6.07) is 0. The number of hydrogen-bond acceptors (Lipinski definition) is 3. The first-order valence-electron chi connectivity index (χ1n) is 3.45. The topological polar surface area (TPSA) is 35.0 Å². The minimum absolute atomic E-state index is 0.521. The Hall–Kier alpha value is -1.64. The number of nitrogens with zero attached hydrogens (tertiary/aromatic N) is 2. The largest absolute Gasteiger partial charge is 0.495 e. The van der Waals surface area contributed by atoms with Gasteiger partial charge in [0.05, 0.1) is 7.11 Å². The van der Waals surface area contributed by atoms with Crippen LogP contribution in [0.15, 0.2) is 25.7 Å². The summed E-state index contributed by atoms with van der Waals surface area (Å²) < 4.78 is 4.95. The molecule has 0 unspecified atom stereocenters. The summed E-state index contributed by atoms with van der Waals surface area (Å²) >= 11 is 0. The number of aromatic nitrogens is 2. The fraction of sp³-hybridized carbons (Fsp3) is 0.111. The Balaban J connectivity index is 3.13. The molecule has 0 aliphatic heterocycles. The zero-order chi connectivity index (χ0) is 8.97. The van der Waals surface area contributed by atoms with Crippen molar-refractivity contribution in [1.82, 2.24) is 9.97 Å². The molecule has 3 heteroatoms. The fourth-order valence-corrected chi connectivity index (χ4v) is 0.819. The first-order chi connectivity index (χ1) is 5.79. The van der Waals surface area contributed by atoms with Crippen LogP contribution in [0.1, 0.15) is 11.3 Å². The number of rotatable bonds is 3. The molecule has 0 spiro atoms. The summed E-state index contributed by atoms with van der Waals surface area (Å²) in [6.07, 6.45) is 4.78. The molecule has 0 aliphatic carbocycles. The van der Waals surface area contributed by atoms with Crippen LogP contribution in [-0.4, -0.2) is 17.1 Å². The van der Waals surface area contributed by atoms with E-state index in [-0.39, 0.29) is 0 Å². The predicted molar refractivity (Wildman–Crippen MR) is 48.2 cm³/mol. The van der Waals surface area contributed by atoms with E-state index >= 15 is 0 Å². The van der Waals surface area contributed by atoms with Crippen molar-refractivity contribution in [2.45, 2.75) is 0 Å². The van der Waals surface area contributed by atoms with Gasteiger partial charge in [-0.25, -0.2) is 9.97 Å². The lowest BCUT2D eigenvalue weighted by atomic mass is 10.2. The Morgan fingerprint density at radius 3 is 3.00 bits per heavy atom. The molecule has 62 valence electrons. The van der Waals surface area contributed by atoms with Crippen molar-refractivity contribution in [2.75, 3.05) is 7.11 Å². The minimum Gasteiger partial charge on any atom is -0.495 e. The molecule has 1 rings (SSSR count). The van der Waals surface area contributed by atoms with Gasteiger partial charge >= 0.3 is 0 Å². The van der Waals surface area contributed by atoms with E-state index in [4.69, 9.17) is 4.74 Å².